The molecular formula is C16H32IN7O. The van der Waals surface area contributed by atoms with Crippen LogP contribution in [0.2, 0.25) is 0 Å². The van der Waals surface area contributed by atoms with Crippen LogP contribution in [0.15, 0.2) is 4.99 Å². The van der Waals surface area contributed by atoms with Gasteiger partial charge in [-0.15, -0.1) is 34.2 Å². The fourth-order valence-corrected chi connectivity index (χ4v) is 2.49. The zero-order valence-electron chi connectivity index (χ0n) is 15.6. The number of nitrogens with zero attached hydrogens (tertiary/aromatic N) is 5. The Hall–Kier alpha value is -0.940. The molecule has 0 atom stereocenters. The van der Waals surface area contributed by atoms with Crippen LogP contribution in [-0.4, -0.2) is 71.6 Å². The molecule has 0 saturated carbocycles. The zero-order chi connectivity index (χ0) is 17.2. The molecule has 1 aliphatic heterocycles. The van der Waals surface area contributed by atoms with Crippen molar-refractivity contribution in [3.63, 3.8) is 0 Å². The average Bonchev–Trinajstić information content (AvgIpc) is 2.93. The Labute approximate surface area is 167 Å². The average molecular weight is 465 g/mol. The topological polar surface area (TPSA) is 79.6 Å². The molecule has 8 nitrogen and oxygen atoms in total. The summed E-state index contributed by atoms with van der Waals surface area (Å²) in [5.74, 6) is 2.62. The maximum Gasteiger partial charge on any atom is 0.191 e. The fourth-order valence-electron chi connectivity index (χ4n) is 2.49. The van der Waals surface area contributed by atoms with Crippen molar-refractivity contribution in [2.45, 2.75) is 33.2 Å². The van der Waals surface area contributed by atoms with Crippen LogP contribution in [0.3, 0.4) is 0 Å². The van der Waals surface area contributed by atoms with Gasteiger partial charge in [0.15, 0.2) is 11.8 Å². The molecule has 9 heteroatoms. The normalized spacial score (nSPS) is 15.7. The molecule has 2 rings (SSSR count). The van der Waals surface area contributed by atoms with Crippen LogP contribution in [0.5, 0.6) is 0 Å². The number of morpholine rings is 1. The van der Waals surface area contributed by atoms with Gasteiger partial charge in [-0.2, -0.15) is 0 Å². The molecule has 1 aromatic rings. The summed E-state index contributed by atoms with van der Waals surface area (Å²) in [7, 11) is 1.97. The second kappa shape index (κ2) is 12.4. The summed E-state index contributed by atoms with van der Waals surface area (Å²) in [6, 6.07) is 0. The van der Waals surface area contributed by atoms with Gasteiger partial charge in [0.25, 0.3) is 0 Å². The Kier molecular flexibility index (Phi) is 11.0. The van der Waals surface area contributed by atoms with Crippen molar-refractivity contribution in [2.24, 2.45) is 12.0 Å². The predicted octanol–water partition coefficient (Wildman–Crippen LogP) is 0.909. The van der Waals surface area contributed by atoms with E-state index < -0.39 is 0 Å². The summed E-state index contributed by atoms with van der Waals surface area (Å²) in [5, 5.41) is 15.0. The number of guanidine groups is 1. The highest BCUT2D eigenvalue weighted by atomic mass is 127. The van der Waals surface area contributed by atoms with E-state index in [0.29, 0.717) is 6.54 Å². The van der Waals surface area contributed by atoms with Gasteiger partial charge < -0.3 is 19.9 Å². The number of aliphatic imine (C=N–C) groups is 1. The Bertz CT molecular complexity index is 515. The standard InChI is InChI=1S/C16H31N7O.HI/c1-4-6-17-16(19-13-15-21-20-14(2)22(15)3)18-7-5-8-23-9-11-24-12-10-23;/h4-13H2,1-3H3,(H2,17,18,19);1H. The molecule has 0 radical (unpaired) electrons. The molecule has 0 aliphatic carbocycles. The highest BCUT2D eigenvalue weighted by Gasteiger charge is 2.09. The number of rotatable bonds is 8. The molecule has 1 fully saturated rings. The molecule has 2 N–H and O–H groups in total. The van der Waals surface area contributed by atoms with E-state index >= 15 is 0 Å². The van der Waals surface area contributed by atoms with Crippen molar-refractivity contribution in [1.29, 1.82) is 0 Å². The van der Waals surface area contributed by atoms with Crippen LogP contribution in [0.25, 0.3) is 0 Å². The van der Waals surface area contributed by atoms with Gasteiger partial charge in [-0.3, -0.25) is 4.90 Å². The molecule has 144 valence electrons. The number of hydrogen-bond acceptors (Lipinski definition) is 5. The van der Waals surface area contributed by atoms with Crippen molar-refractivity contribution < 1.29 is 4.74 Å². The van der Waals surface area contributed by atoms with Gasteiger partial charge >= 0.3 is 0 Å². The van der Waals surface area contributed by atoms with Crippen molar-refractivity contribution >= 4 is 29.9 Å². The summed E-state index contributed by atoms with van der Waals surface area (Å²) in [6.45, 7) is 11.3. The molecule has 2 heterocycles. The molecule has 0 bridgehead atoms. The lowest BCUT2D eigenvalue weighted by Crippen LogP contribution is -2.41. The van der Waals surface area contributed by atoms with Crippen LogP contribution in [0.1, 0.15) is 31.4 Å². The Morgan fingerprint density at radius 3 is 2.56 bits per heavy atom. The number of nitrogens with one attached hydrogen (secondary N) is 2. The smallest absolute Gasteiger partial charge is 0.191 e. The van der Waals surface area contributed by atoms with Crippen molar-refractivity contribution in [3.8, 4) is 0 Å². The molecule has 1 aromatic heterocycles. The summed E-state index contributed by atoms with van der Waals surface area (Å²) in [6.07, 6.45) is 2.16. The summed E-state index contributed by atoms with van der Waals surface area (Å²) in [4.78, 5) is 7.08. The molecule has 25 heavy (non-hydrogen) atoms. The van der Waals surface area contributed by atoms with Crippen LogP contribution < -0.4 is 10.6 Å². The molecule has 1 aliphatic rings. The van der Waals surface area contributed by atoms with Gasteiger partial charge in [-0.05, 0) is 26.3 Å². The lowest BCUT2D eigenvalue weighted by molar-refractivity contribution is 0.0376. The third-order valence-corrected chi connectivity index (χ3v) is 4.15. The van der Waals surface area contributed by atoms with E-state index in [0.717, 1.165) is 76.4 Å². The van der Waals surface area contributed by atoms with Gasteiger partial charge in [0.05, 0.1) is 13.2 Å². The van der Waals surface area contributed by atoms with Gasteiger partial charge in [-0.1, -0.05) is 6.92 Å². The number of ether oxygens (including phenoxy) is 1. The summed E-state index contributed by atoms with van der Waals surface area (Å²) < 4.78 is 7.35. The lowest BCUT2D eigenvalue weighted by atomic mass is 10.3. The van der Waals surface area contributed by atoms with Crippen LogP contribution in [0.4, 0.5) is 0 Å². The first-order valence-electron chi connectivity index (χ1n) is 8.88. The minimum Gasteiger partial charge on any atom is -0.379 e. The first kappa shape index (κ1) is 22.1. The zero-order valence-corrected chi connectivity index (χ0v) is 18.0. The molecule has 0 spiro atoms. The first-order valence-corrected chi connectivity index (χ1v) is 8.88. The van der Waals surface area contributed by atoms with E-state index in [-0.39, 0.29) is 24.0 Å². The number of hydrogen-bond donors (Lipinski definition) is 2. The van der Waals surface area contributed by atoms with Crippen LogP contribution in [-0.2, 0) is 18.3 Å². The lowest BCUT2D eigenvalue weighted by Gasteiger charge is -2.26. The van der Waals surface area contributed by atoms with E-state index in [9.17, 15) is 0 Å². The second-order valence-electron chi connectivity index (χ2n) is 6.05. The van der Waals surface area contributed by atoms with Crippen molar-refractivity contribution in [2.75, 3.05) is 45.9 Å². The van der Waals surface area contributed by atoms with E-state index in [2.05, 4.69) is 37.6 Å². The molecular weight excluding hydrogens is 433 g/mol. The van der Waals surface area contributed by atoms with Crippen molar-refractivity contribution in [3.05, 3.63) is 11.6 Å². The van der Waals surface area contributed by atoms with E-state index in [1.165, 1.54) is 0 Å². The summed E-state index contributed by atoms with van der Waals surface area (Å²) >= 11 is 0. The fraction of sp³-hybridized carbons (Fsp3) is 0.812. The van der Waals surface area contributed by atoms with E-state index in [1.807, 2.05) is 18.5 Å². The maximum absolute atomic E-state index is 5.37. The quantitative estimate of drug-likeness (QED) is 0.257. The molecule has 0 amide bonds. The predicted molar refractivity (Wildman–Crippen MR) is 110 cm³/mol. The summed E-state index contributed by atoms with van der Waals surface area (Å²) in [5.41, 5.74) is 0. The third kappa shape index (κ3) is 7.87. The number of aromatic nitrogens is 3. The van der Waals surface area contributed by atoms with E-state index in [4.69, 9.17) is 4.74 Å². The SMILES string of the molecule is CCCNC(=NCc1nnc(C)n1C)NCCCN1CCOCC1.I. The Morgan fingerprint density at radius 2 is 1.92 bits per heavy atom. The van der Waals surface area contributed by atoms with Gasteiger partial charge in [-0.25, -0.2) is 4.99 Å². The highest BCUT2D eigenvalue weighted by molar-refractivity contribution is 14.0. The largest absolute Gasteiger partial charge is 0.379 e. The molecule has 0 unspecified atom stereocenters. The monoisotopic (exact) mass is 465 g/mol. The Morgan fingerprint density at radius 1 is 1.20 bits per heavy atom. The second-order valence-corrected chi connectivity index (χ2v) is 6.05. The minimum atomic E-state index is 0. The van der Waals surface area contributed by atoms with Crippen LogP contribution in [0, 0.1) is 6.92 Å². The number of halogens is 1. The molecule has 1 saturated heterocycles. The maximum atomic E-state index is 5.37. The highest BCUT2D eigenvalue weighted by Crippen LogP contribution is 1.99. The first-order chi connectivity index (χ1) is 11.7. The van der Waals surface area contributed by atoms with Crippen LogP contribution >= 0.6 is 24.0 Å². The van der Waals surface area contributed by atoms with Gasteiger partial charge in [0.2, 0.25) is 0 Å². The Balaban J connectivity index is 0.00000312. The van der Waals surface area contributed by atoms with Gasteiger partial charge in [0.1, 0.15) is 12.4 Å². The molecule has 0 aromatic carbocycles. The minimum absolute atomic E-state index is 0. The van der Waals surface area contributed by atoms with Crippen molar-refractivity contribution in [1.82, 2.24) is 30.3 Å². The number of aryl methyl sites for hydroxylation is 1. The van der Waals surface area contributed by atoms with E-state index in [1.54, 1.807) is 0 Å². The van der Waals surface area contributed by atoms with Gasteiger partial charge in [0, 0.05) is 33.2 Å². The third-order valence-electron chi connectivity index (χ3n) is 4.15.